The summed E-state index contributed by atoms with van der Waals surface area (Å²) in [6, 6.07) is 2.98. The molecule has 2 fully saturated rings. The van der Waals surface area contributed by atoms with Crippen molar-refractivity contribution < 1.29 is 69.8 Å². The number of hydrogen-bond donors (Lipinski definition) is 6. The summed E-state index contributed by atoms with van der Waals surface area (Å²) in [6.07, 6.45) is 1.72. The SMILES string of the molecule is C#CCCCCC#Cc1cn([C@H]2CC(OP(=O)(O)OC[C@H]3O[C@@H](n4cc(C)c(=O)[nH]c4=O)CC3OP(=O)(O)OCc3ccco3)[C@@H](COP(=O)(O)O)O2)c(=O)[nH]c1=O. The van der Waals surface area contributed by atoms with E-state index >= 15 is 0 Å². The van der Waals surface area contributed by atoms with Gasteiger partial charge in [0.1, 0.15) is 54.8 Å². The molecule has 0 amide bonds. The molecule has 0 spiro atoms. The maximum atomic E-state index is 13.4. The molecule has 5 rings (SSSR count). The maximum Gasteiger partial charge on any atom is 0.472 e. The molecule has 4 unspecified atom stereocenters. The Kier molecular flexibility index (Phi) is 15.1. The zero-order chi connectivity index (χ0) is 42.3. The highest BCUT2D eigenvalue weighted by molar-refractivity contribution is 7.47. The van der Waals surface area contributed by atoms with E-state index in [-0.39, 0.29) is 23.3 Å². The molecule has 2 saturated heterocycles. The fourth-order valence-corrected chi connectivity index (χ4v) is 7.95. The highest BCUT2D eigenvalue weighted by Crippen LogP contribution is 2.52. The van der Waals surface area contributed by atoms with Crippen LogP contribution in [-0.4, -0.2) is 76.3 Å². The van der Waals surface area contributed by atoms with Crippen molar-refractivity contribution in [2.24, 2.45) is 0 Å². The molecule has 3 aromatic rings. The summed E-state index contributed by atoms with van der Waals surface area (Å²) in [6.45, 7) is -0.880. The molecule has 5 heterocycles. The summed E-state index contributed by atoms with van der Waals surface area (Å²) in [5.74, 6) is 8.14. The van der Waals surface area contributed by atoms with E-state index in [1.165, 1.54) is 31.5 Å². The molecule has 8 atom stereocenters. The van der Waals surface area contributed by atoms with Gasteiger partial charge in [0, 0.05) is 43.6 Å². The lowest BCUT2D eigenvalue weighted by Crippen LogP contribution is -2.33. The quantitative estimate of drug-likeness (QED) is 0.0598. The average Bonchev–Trinajstić information content (AvgIpc) is 3.90. The highest BCUT2D eigenvalue weighted by atomic mass is 31.2. The Morgan fingerprint density at radius 3 is 1.98 bits per heavy atom. The van der Waals surface area contributed by atoms with Crippen molar-refractivity contribution >= 4 is 23.5 Å². The van der Waals surface area contributed by atoms with E-state index in [0.29, 0.717) is 25.7 Å². The predicted molar refractivity (Wildman–Crippen MR) is 195 cm³/mol. The number of nitrogens with zero attached hydrogens (tertiary/aromatic N) is 2. The van der Waals surface area contributed by atoms with Crippen LogP contribution in [0.3, 0.4) is 0 Å². The van der Waals surface area contributed by atoms with E-state index in [0.717, 1.165) is 15.3 Å². The van der Waals surface area contributed by atoms with Gasteiger partial charge in [-0.2, -0.15) is 0 Å². The third-order valence-corrected chi connectivity index (χ3v) is 11.0. The van der Waals surface area contributed by atoms with Gasteiger partial charge in [-0.1, -0.05) is 11.8 Å². The first kappa shape index (κ1) is 45.1. The van der Waals surface area contributed by atoms with Gasteiger partial charge in [-0.25, -0.2) is 23.3 Å². The zero-order valence-corrected chi connectivity index (χ0v) is 33.1. The second kappa shape index (κ2) is 19.4. The molecule has 0 saturated carbocycles. The second-order valence-electron chi connectivity index (χ2n) is 12.8. The monoisotopic (exact) mass is 876 g/mol. The number of terminal acetylenes is 1. The predicted octanol–water partition coefficient (Wildman–Crippen LogP) is 1.42. The van der Waals surface area contributed by atoms with Gasteiger partial charge in [0.2, 0.25) is 0 Å². The Morgan fingerprint density at radius 2 is 1.40 bits per heavy atom. The van der Waals surface area contributed by atoms with Crippen LogP contribution in [0.1, 0.15) is 67.9 Å². The standard InChI is InChI=1S/C32H39N4O19P3/c1-3-4-5-6-7-8-10-21-16-36(32(40)34-30(21)38)28-14-23(25(52-28)18-49-56(41,42)43)55-58(46,47)51-19-26-24(54-57(44,45)50-17-22-11-9-12-48-22)13-27(53-26)35-15-20(2)29(37)33-31(35)39/h1,9,11-12,15-16,23-28H,4-7,13-14,17-19H2,2H3,(H,44,45)(H,46,47)(H,33,37,39)(H,34,38,40)(H2,41,42,43)/t23?,24?,25-,26-,27-,28-/m1/s1. The molecule has 6 N–H and O–H groups in total. The summed E-state index contributed by atoms with van der Waals surface area (Å²) in [7, 11) is -15.3. The minimum atomic E-state index is -5.25. The molecule has 58 heavy (non-hydrogen) atoms. The van der Waals surface area contributed by atoms with Crippen LogP contribution in [0.25, 0.3) is 0 Å². The molecule has 316 valence electrons. The van der Waals surface area contributed by atoms with Gasteiger partial charge < -0.3 is 33.5 Å². The first-order chi connectivity index (χ1) is 27.3. The third-order valence-electron chi connectivity index (χ3n) is 8.49. The molecule has 2 aliphatic rings. The summed E-state index contributed by atoms with van der Waals surface area (Å²) < 4.78 is 81.8. The Balaban J connectivity index is 1.32. The number of H-pyrrole nitrogens is 2. The first-order valence-electron chi connectivity index (χ1n) is 17.3. The van der Waals surface area contributed by atoms with Crippen molar-refractivity contribution in [1.82, 2.24) is 19.1 Å². The molecule has 2 aliphatic heterocycles. The number of aryl methyl sites for hydroxylation is 1. The van der Waals surface area contributed by atoms with Crippen molar-refractivity contribution in [2.75, 3.05) is 13.2 Å². The number of aromatic amines is 2. The van der Waals surface area contributed by atoms with Crippen LogP contribution in [0.15, 0.2) is 54.4 Å². The zero-order valence-electron chi connectivity index (χ0n) is 30.4. The number of furan rings is 1. The maximum absolute atomic E-state index is 13.4. The molecule has 0 aliphatic carbocycles. The second-order valence-corrected chi connectivity index (χ2v) is 16.8. The topological polar surface area (TPSA) is 320 Å². The molecular formula is C32H39N4O19P3. The van der Waals surface area contributed by atoms with Gasteiger partial charge in [0.25, 0.3) is 11.1 Å². The van der Waals surface area contributed by atoms with Gasteiger partial charge in [0.05, 0.1) is 19.5 Å². The highest BCUT2D eigenvalue weighted by Gasteiger charge is 2.46. The van der Waals surface area contributed by atoms with Crippen molar-refractivity contribution in [1.29, 1.82) is 0 Å². The summed E-state index contributed by atoms with van der Waals surface area (Å²) in [4.78, 5) is 94.0. The van der Waals surface area contributed by atoms with E-state index in [4.69, 9.17) is 38.4 Å². The molecule has 0 radical (unpaired) electrons. The van der Waals surface area contributed by atoms with Crippen LogP contribution < -0.4 is 22.5 Å². The molecule has 26 heteroatoms. The van der Waals surface area contributed by atoms with Crippen LogP contribution in [0.2, 0.25) is 0 Å². The first-order valence-corrected chi connectivity index (χ1v) is 21.8. The lowest BCUT2D eigenvalue weighted by atomic mass is 10.2. The number of nitrogens with one attached hydrogen (secondary N) is 2. The largest absolute Gasteiger partial charge is 0.472 e. The normalized spacial score (nSPS) is 24.1. The van der Waals surface area contributed by atoms with Crippen LogP contribution >= 0.6 is 23.5 Å². The molecule has 0 bridgehead atoms. The van der Waals surface area contributed by atoms with Crippen molar-refractivity contribution in [3.8, 4) is 24.2 Å². The molecular weight excluding hydrogens is 837 g/mol. The Morgan fingerprint density at radius 1 is 0.828 bits per heavy atom. The minimum Gasteiger partial charge on any atom is -0.467 e. The van der Waals surface area contributed by atoms with Crippen LogP contribution in [0.5, 0.6) is 0 Å². The van der Waals surface area contributed by atoms with Gasteiger partial charge in [-0.05, 0) is 31.9 Å². The van der Waals surface area contributed by atoms with Crippen molar-refractivity contribution in [3.63, 3.8) is 0 Å². The van der Waals surface area contributed by atoms with E-state index in [9.17, 15) is 52.4 Å². The number of phosphoric ester groups is 3. The van der Waals surface area contributed by atoms with Crippen LogP contribution in [-0.2, 0) is 52.4 Å². The van der Waals surface area contributed by atoms with Crippen molar-refractivity contribution in [3.05, 3.63) is 89.4 Å². The number of rotatable bonds is 18. The lowest BCUT2D eigenvalue weighted by molar-refractivity contribution is -0.0573. The molecule has 3 aromatic heterocycles. The molecule has 23 nitrogen and oxygen atoms in total. The Bertz CT molecular complexity index is 2400. The van der Waals surface area contributed by atoms with Gasteiger partial charge in [-0.3, -0.25) is 51.3 Å². The number of ether oxygens (including phenoxy) is 2. The number of unbranched alkanes of at least 4 members (excludes halogenated alkanes) is 3. The average molecular weight is 877 g/mol. The van der Waals surface area contributed by atoms with Crippen LogP contribution in [0, 0.1) is 31.1 Å². The number of aromatic nitrogens is 4. The summed E-state index contributed by atoms with van der Waals surface area (Å²) in [5.41, 5.74) is -3.39. The fourth-order valence-electron chi connectivity index (χ4n) is 5.73. The number of hydrogen-bond acceptors (Lipinski definition) is 15. The van der Waals surface area contributed by atoms with Gasteiger partial charge in [0.15, 0.2) is 0 Å². The molecule has 0 aromatic carbocycles. The van der Waals surface area contributed by atoms with E-state index in [1.54, 1.807) is 0 Å². The van der Waals surface area contributed by atoms with E-state index in [1.807, 2.05) is 0 Å². The summed E-state index contributed by atoms with van der Waals surface area (Å²) in [5, 5.41) is 0. The number of phosphoric acid groups is 3. The fraction of sp³-hybridized carbons (Fsp3) is 0.500. The van der Waals surface area contributed by atoms with E-state index in [2.05, 4.69) is 32.3 Å². The lowest BCUT2D eigenvalue weighted by Gasteiger charge is -2.24. The smallest absolute Gasteiger partial charge is 0.467 e. The summed E-state index contributed by atoms with van der Waals surface area (Å²) >= 11 is 0. The van der Waals surface area contributed by atoms with E-state index < -0.39 is 109 Å². The van der Waals surface area contributed by atoms with Crippen LogP contribution in [0.4, 0.5) is 0 Å². The minimum absolute atomic E-state index is 0.109. The van der Waals surface area contributed by atoms with Gasteiger partial charge in [-0.15, -0.1) is 12.3 Å². The Hall–Kier alpha value is -3.99. The van der Waals surface area contributed by atoms with Gasteiger partial charge >= 0.3 is 34.8 Å². The van der Waals surface area contributed by atoms with Crippen molar-refractivity contribution in [2.45, 2.75) is 88.9 Å². The third kappa shape index (κ3) is 12.8. The Labute approximate surface area is 327 Å².